The lowest BCUT2D eigenvalue weighted by atomic mass is 10.1. The second kappa shape index (κ2) is 5.16. The monoisotopic (exact) mass is 250 g/mol. The summed E-state index contributed by atoms with van der Waals surface area (Å²) in [5.74, 6) is -0.982. The zero-order chi connectivity index (χ0) is 13.1. The second-order valence-corrected chi connectivity index (χ2v) is 4.36. The molecule has 96 valence electrons. The molecule has 1 aliphatic rings. The van der Waals surface area contributed by atoms with Gasteiger partial charge in [0.25, 0.3) is 0 Å². The molecule has 0 radical (unpaired) electrons. The minimum Gasteiger partial charge on any atom is -0.358 e. The molecule has 2 unspecified atom stereocenters. The lowest BCUT2D eigenvalue weighted by molar-refractivity contribution is -0.126. The Labute approximate surface area is 105 Å². The Morgan fingerprint density at radius 1 is 1.39 bits per heavy atom. The lowest BCUT2D eigenvalue weighted by Crippen LogP contribution is -2.36. The van der Waals surface area contributed by atoms with Crippen LogP contribution in [0.15, 0.2) is 24.3 Å². The number of nitrogens with one attached hydrogen (secondary N) is 2. The number of carbonyl (C=O) groups is 2. The smallest absolute Gasteiger partial charge is 0.239 e. The Balaban J connectivity index is 1.89. The van der Waals surface area contributed by atoms with E-state index in [1.165, 1.54) is 13.1 Å². The zero-order valence-corrected chi connectivity index (χ0v) is 10.1. The van der Waals surface area contributed by atoms with Gasteiger partial charge in [-0.2, -0.15) is 0 Å². The van der Waals surface area contributed by atoms with Gasteiger partial charge < -0.3 is 10.6 Å². The number of halogens is 1. The third kappa shape index (κ3) is 2.67. The molecule has 4 nitrogen and oxygen atoms in total. The highest BCUT2D eigenvalue weighted by Crippen LogP contribution is 2.48. The van der Waals surface area contributed by atoms with E-state index in [0.717, 1.165) is 0 Å². The first-order valence-corrected chi connectivity index (χ1v) is 5.86. The lowest BCUT2D eigenvalue weighted by Gasteiger charge is -2.04. The SMILES string of the molecule is CNC(=O)CNC(=O)C1CC1c1ccccc1F. The topological polar surface area (TPSA) is 58.2 Å². The van der Waals surface area contributed by atoms with Crippen LogP contribution < -0.4 is 10.6 Å². The van der Waals surface area contributed by atoms with Gasteiger partial charge in [0.1, 0.15) is 5.82 Å². The van der Waals surface area contributed by atoms with Crippen LogP contribution in [0.2, 0.25) is 0 Å². The van der Waals surface area contributed by atoms with Crippen LogP contribution in [0.1, 0.15) is 17.9 Å². The molecule has 0 heterocycles. The number of carbonyl (C=O) groups excluding carboxylic acids is 2. The molecule has 0 bridgehead atoms. The van der Waals surface area contributed by atoms with Crippen LogP contribution in [0.4, 0.5) is 4.39 Å². The summed E-state index contributed by atoms with van der Waals surface area (Å²) in [6.45, 7) is -0.0319. The van der Waals surface area contributed by atoms with Crippen molar-refractivity contribution in [1.29, 1.82) is 0 Å². The summed E-state index contributed by atoms with van der Waals surface area (Å²) < 4.78 is 13.5. The van der Waals surface area contributed by atoms with E-state index >= 15 is 0 Å². The van der Waals surface area contributed by atoms with Crippen LogP contribution in [0.3, 0.4) is 0 Å². The van der Waals surface area contributed by atoms with E-state index in [1.807, 2.05) is 0 Å². The third-order valence-corrected chi connectivity index (χ3v) is 3.13. The maximum absolute atomic E-state index is 13.5. The quantitative estimate of drug-likeness (QED) is 0.830. The van der Waals surface area contributed by atoms with Crippen LogP contribution >= 0.6 is 0 Å². The van der Waals surface area contributed by atoms with Gasteiger partial charge in [-0.1, -0.05) is 18.2 Å². The van der Waals surface area contributed by atoms with Crippen molar-refractivity contribution in [3.8, 4) is 0 Å². The molecule has 0 aliphatic heterocycles. The molecule has 18 heavy (non-hydrogen) atoms. The van der Waals surface area contributed by atoms with E-state index in [0.29, 0.717) is 12.0 Å². The van der Waals surface area contributed by atoms with Crippen LogP contribution in [-0.2, 0) is 9.59 Å². The average molecular weight is 250 g/mol. The Bertz CT molecular complexity index is 476. The van der Waals surface area contributed by atoms with Gasteiger partial charge >= 0.3 is 0 Å². The highest BCUT2D eigenvalue weighted by molar-refractivity contribution is 5.87. The van der Waals surface area contributed by atoms with Crippen LogP contribution in [-0.4, -0.2) is 25.4 Å². The summed E-state index contributed by atoms with van der Waals surface area (Å²) >= 11 is 0. The molecule has 0 saturated heterocycles. The van der Waals surface area contributed by atoms with Crippen molar-refractivity contribution in [2.24, 2.45) is 5.92 Å². The van der Waals surface area contributed by atoms with Gasteiger partial charge in [-0.15, -0.1) is 0 Å². The Morgan fingerprint density at radius 3 is 2.78 bits per heavy atom. The van der Waals surface area contributed by atoms with Crippen molar-refractivity contribution in [2.45, 2.75) is 12.3 Å². The fourth-order valence-corrected chi connectivity index (χ4v) is 1.99. The zero-order valence-electron chi connectivity index (χ0n) is 10.1. The molecule has 2 N–H and O–H groups in total. The van der Waals surface area contributed by atoms with Crippen molar-refractivity contribution in [2.75, 3.05) is 13.6 Å². The first-order chi connectivity index (χ1) is 8.63. The van der Waals surface area contributed by atoms with Gasteiger partial charge in [-0.3, -0.25) is 9.59 Å². The summed E-state index contributed by atoms with van der Waals surface area (Å²) in [6.07, 6.45) is 0.639. The van der Waals surface area contributed by atoms with E-state index in [-0.39, 0.29) is 36.0 Å². The van der Waals surface area contributed by atoms with Crippen LogP contribution in [0, 0.1) is 11.7 Å². The summed E-state index contributed by atoms with van der Waals surface area (Å²) in [5.41, 5.74) is 0.581. The number of hydrogen-bond donors (Lipinski definition) is 2. The highest BCUT2D eigenvalue weighted by atomic mass is 19.1. The maximum Gasteiger partial charge on any atom is 0.239 e. The predicted octanol–water partition coefficient (Wildman–Crippen LogP) is 0.791. The first kappa shape index (κ1) is 12.5. The maximum atomic E-state index is 13.5. The Hall–Kier alpha value is -1.91. The van der Waals surface area contributed by atoms with Gasteiger partial charge in [-0.05, 0) is 24.0 Å². The number of rotatable bonds is 4. The molecule has 1 aromatic carbocycles. The molecule has 2 amide bonds. The van der Waals surface area contributed by atoms with E-state index in [1.54, 1.807) is 18.2 Å². The fraction of sp³-hybridized carbons (Fsp3) is 0.385. The second-order valence-electron chi connectivity index (χ2n) is 4.36. The number of hydrogen-bond acceptors (Lipinski definition) is 2. The van der Waals surface area contributed by atoms with Crippen LogP contribution in [0.5, 0.6) is 0 Å². The van der Waals surface area contributed by atoms with Gasteiger partial charge in [0.05, 0.1) is 6.54 Å². The van der Waals surface area contributed by atoms with Gasteiger partial charge in [-0.25, -0.2) is 4.39 Å². The largest absolute Gasteiger partial charge is 0.358 e. The number of likely N-dealkylation sites (N-methyl/N-ethyl adjacent to an activating group) is 1. The molecule has 1 aliphatic carbocycles. The third-order valence-electron chi connectivity index (χ3n) is 3.13. The van der Waals surface area contributed by atoms with Crippen molar-refractivity contribution in [3.05, 3.63) is 35.6 Å². The van der Waals surface area contributed by atoms with E-state index in [2.05, 4.69) is 10.6 Å². The summed E-state index contributed by atoms with van der Waals surface area (Å²) in [7, 11) is 1.51. The molecule has 2 rings (SSSR count). The van der Waals surface area contributed by atoms with E-state index < -0.39 is 0 Å². The molecule has 0 spiro atoms. The van der Waals surface area contributed by atoms with Crippen LogP contribution in [0.25, 0.3) is 0 Å². The predicted molar refractivity (Wildman–Crippen MR) is 64.3 cm³/mol. The van der Waals surface area contributed by atoms with Crippen molar-refractivity contribution < 1.29 is 14.0 Å². The highest BCUT2D eigenvalue weighted by Gasteiger charge is 2.45. The Kier molecular flexibility index (Phi) is 3.60. The number of amides is 2. The molecular formula is C13H15FN2O2. The van der Waals surface area contributed by atoms with Gasteiger partial charge in [0, 0.05) is 13.0 Å². The molecule has 5 heteroatoms. The van der Waals surface area contributed by atoms with E-state index in [9.17, 15) is 14.0 Å². The Morgan fingerprint density at radius 2 is 2.11 bits per heavy atom. The molecule has 2 atom stereocenters. The summed E-state index contributed by atoms with van der Waals surface area (Å²) in [6, 6.07) is 6.48. The summed E-state index contributed by atoms with van der Waals surface area (Å²) in [5, 5.41) is 4.96. The molecule has 1 aromatic rings. The molecule has 0 aromatic heterocycles. The standard InChI is InChI=1S/C13H15FN2O2/c1-15-12(17)7-16-13(18)10-6-9(10)8-4-2-3-5-11(8)14/h2-5,9-10H,6-7H2,1H3,(H,15,17)(H,16,18). The molecular weight excluding hydrogens is 235 g/mol. The van der Waals surface area contributed by atoms with Gasteiger partial charge in [0.2, 0.25) is 11.8 Å². The van der Waals surface area contributed by atoms with Crippen molar-refractivity contribution in [3.63, 3.8) is 0 Å². The normalized spacial score (nSPS) is 21.2. The van der Waals surface area contributed by atoms with Crippen molar-refractivity contribution >= 4 is 11.8 Å². The van der Waals surface area contributed by atoms with E-state index in [4.69, 9.17) is 0 Å². The van der Waals surface area contributed by atoms with Crippen molar-refractivity contribution in [1.82, 2.24) is 10.6 Å². The minimum absolute atomic E-state index is 0.0319. The van der Waals surface area contributed by atoms with Gasteiger partial charge in [0.15, 0.2) is 0 Å². The average Bonchev–Trinajstić information content (AvgIpc) is 3.16. The fourth-order valence-electron chi connectivity index (χ4n) is 1.99. The summed E-state index contributed by atoms with van der Waals surface area (Å²) in [4.78, 5) is 22.7. The molecule has 1 saturated carbocycles. The number of benzene rings is 1. The first-order valence-electron chi connectivity index (χ1n) is 5.86. The molecule has 1 fully saturated rings. The minimum atomic E-state index is -0.274.